The van der Waals surface area contributed by atoms with Crippen LogP contribution in [0.2, 0.25) is 0 Å². The molecular formula is C14H23BrNO2+. The highest BCUT2D eigenvalue weighted by Crippen LogP contribution is 2.29. The summed E-state index contributed by atoms with van der Waals surface area (Å²) in [5, 5.41) is 0. The van der Waals surface area contributed by atoms with Crippen LogP contribution in [0.1, 0.15) is 11.1 Å². The number of hydrogen-bond donors (Lipinski definition) is 1. The third-order valence-corrected chi connectivity index (χ3v) is 3.18. The van der Waals surface area contributed by atoms with Gasteiger partial charge >= 0.3 is 0 Å². The Labute approximate surface area is 118 Å². The fourth-order valence-electron chi connectivity index (χ4n) is 1.67. The molecule has 0 unspecified atom stereocenters. The maximum Gasteiger partial charge on any atom is 0.136 e. The van der Waals surface area contributed by atoms with E-state index in [-0.39, 0.29) is 0 Å². The molecule has 0 saturated carbocycles. The van der Waals surface area contributed by atoms with Crippen molar-refractivity contribution in [1.29, 1.82) is 0 Å². The molecule has 0 atom stereocenters. The van der Waals surface area contributed by atoms with E-state index < -0.39 is 0 Å². The highest BCUT2D eigenvalue weighted by Gasteiger charge is 2.06. The molecule has 0 radical (unpaired) electrons. The van der Waals surface area contributed by atoms with E-state index in [1.54, 1.807) is 0 Å². The summed E-state index contributed by atoms with van der Waals surface area (Å²) in [7, 11) is 4.24. The highest BCUT2D eigenvalue weighted by molar-refractivity contribution is 9.10. The van der Waals surface area contributed by atoms with Crippen LogP contribution in [-0.4, -0.2) is 40.5 Å². The van der Waals surface area contributed by atoms with E-state index in [2.05, 4.69) is 56.0 Å². The van der Waals surface area contributed by atoms with Crippen LogP contribution < -0.4 is 9.64 Å². The lowest BCUT2D eigenvalue weighted by atomic mass is 10.1. The smallest absolute Gasteiger partial charge is 0.136 e. The van der Waals surface area contributed by atoms with E-state index in [1.807, 2.05) is 0 Å². The second-order valence-electron chi connectivity index (χ2n) is 4.81. The number of nitrogens with one attached hydrogen (secondary N) is 1. The van der Waals surface area contributed by atoms with Crippen LogP contribution in [0.5, 0.6) is 5.75 Å². The van der Waals surface area contributed by atoms with Crippen LogP contribution in [0.3, 0.4) is 0 Å². The predicted octanol–water partition coefficient (Wildman–Crippen LogP) is 1.61. The minimum atomic E-state index is 0.589. The Kier molecular flexibility index (Phi) is 6.68. The Morgan fingerprint density at radius 2 is 1.83 bits per heavy atom. The summed E-state index contributed by atoms with van der Waals surface area (Å²) < 4.78 is 12.3. The molecule has 3 nitrogen and oxygen atoms in total. The lowest BCUT2D eigenvalue weighted by Crippen LogP contribution is -3.06. The Balaban J connectivity index is 2.31. The largest absolute Gasteiger partial charge is 0.490 e. The summed E-state index contributed by atoms with van der Waals surface area (Å²) in [6.07, 6.45) is 0. The van der Waals surface area contributed by atoms with Gasteiger partial charge in [-0.15, -0.1) is 0 Å². The van der Waals surface area contributed by atoms with E-state index in [1.165, 1.54) is 10.5 Å². The number of ether oxygens (including phenoxy) is 2. The molecule has 0 fully saturated rings. The van der Waals surface area contributed by atoms with E-state index in [0.717, 1.165) is 28.9 Å². The van der Waals surface area contributed by atoms with Crippen LogP contribution in [0.4, 0.5) is 0 Å². The summed E-state index contributed by atoms with van der Waals surface area (Å²) >= 11 is 3.53. The molecule has 102 valence electrons. The molecule has 0 aromatic heterocycles. The van der Waals surface area contributed by atoms with Crippen molar-refractivity contribution in [2.24, 2.45) is 0 Å². The van der Waals surface area contributed by atoms with Gasteiger partial charge in [-0.1, -0.05) is 6.07 Å². The van der Waals surface area contributed by atoms with Gasteiger partial charge in [0.05, 0.1) is 31.8 Å². The lowest BCUT2D eigenvalue weighted by Gasteiger charge is -2.12. The van der Waals surface area contributed by atoms with E-state index in [9.17, 15) is 0 Å². The van der Waals surface area contributed by atoms with Crippen LogP contribution in [0, 0.1) is 13.8 Å². The molecule has 0 heterocycles. The van der Waals surface area contributed by atoms with Gasteiger partial charge in [-0.25, -0.2) is 0 Å². The average molecular weight is 317 g/mol. The van der Waals surface area contributed by atoms with Crippen molar-refractivity contribution in [3.05, 3.63) is 27.7 Å². The Morgan fingerprint density at radius 3 is 2.44 bits per heavy atom. The van der Waals surface area contributed by atoms with Gasteiger partial charge in [0, 0.05) is 0 Å². The van der Waals surface area contributed by atoms with Crippen LogP contribution in [0.25, 0.3) is 0 Å². The third kappa shape index (κ3) is 5.38. The first kappa shape index (κ1) is 15.5. The molecule has 0 spiro atoms. The molecule has 1 aromatic carbocycles. The lowest BCUT2D eigenvalue weighted by molar-refractivity contribution is -0.858. The average Bonchev–Trinajstić information content (AvgIpc) is 2.25. The van der Waals surface area contributed by atoms with Crippen molar-refractivity contribution in [3.8, 4) is 5.75 Å². The number of likely N-dealkylation sites (N-methyl/N-ethyl adjacent to an activating group) is 1. The van der Waals surface area contributed by atoms with Crippen molar-refractivity contribution in [1.82, 2.24) is 0 Å². The monoisotopic (exact) mass is 316 g/mol. The second-order valence-corrected chi connectivity index (χ2v) is 5.67. The Bertz CT molecular complexity index is 357. The number of halogens is 1. The maximum atomic E-state index is 5.75. The topological polar surface area (TPSA) is 22.9 Å². The summed E-state index contributed by atoms with van der Waals surface area (Å²) in [5.74, 6) is 0.919. The molecule has 1 rings (SSSR count). The fraction of sp³-hybridized carbons (Fsp3) is 0.571. The SMILES string of the molecule is Cc1cc(C)c(OCCOCC[NH+](C)C)c(Br)c1. The number of benzene rings is 1. The standard InChI is InChI=1S/C14H22BrNO2/c1-11-9-12(2)14(13(15)10-11)18-8-7-17-6-5-16(3)4/h9-10H,5-8H2,1-4H3/p+1. The molecule has 0 aliphatic rings. The molecule has 0 saturated heterocycles. The minimum absolute atomic E-state index is 0.589. The number of aryl methyl sites for hydroxylation is 2. The van der Waals surface area contributed by atoms with Crippen LogP contribution in [-0.2, 0) is 4.74 Å². The van der Waals surface area contributed by atoms with Gasteiger partial charge in [-0.05, 0) is 47.0 Å². The first-order valence-electron chi connectivity index (χ1n) is 6.27. The van der Waals surface area contributed by atoms with Crippen molar-refractivity contribution in [2.45, 2.75) is 13.8 Å². The second kappa shape index (κ2) is 7.77. The third-order valence-electron chi connectivity index (χ3n) is 2.59. The van der Waals surface area contributed by atoms with Crippen molar-refractivity contribution in [3.63, 3.8) is 0 Å². The van der Waals surface area contributed by atoms with E-state index in [4.69, 9.17) is 9.47 Å². The maximum absolute atomic E-state index is 5.75. The van der Waals surface area contributed by atoms with E-state index >= 15 is 0 Å². The zero-order valence-corrected chi connectivity index (χ0v) is 13.3. The summed E-state index contributed by atoms with van der Waals surface area (Å²) in [6, 6.07) is 4.19. The molecule has 18 heavy (non-hydrogen) atoms. The van der Waals surface area contributed by atoms with Gasteiger partial charge in [0.25, 0.3) is 0 Å². The molecular weight excluding hydrogens is 294 g/mol. The van der Waals surface area contributed by atoms with Gasteiger partial charge in [0.1, 0.15) is 18.9 Å². The molecule has 4 heteroatoms. The van der Waals surface area contributed by atoms with Crippen LogP contribution in [0.15, 0.2) is 16.6 Å². The fourth-order valence-corrected chi connectivity index (χ4v) is 2.45. The van der Waals surface area contributed by atoms with Gasteiger partial charge in [-0.2, -0.15) is 0 Å². The number of quaternary nitrogens is 1. The highest BCUT2D eigenvalue weighted by atomic mass is 79.9. The first-order chi connectivity index (χ1) is 8.50. The molecule has 0 aliphatic heterocycles. The molecule has 0 amide bonds. The van der Waals surface area contributed by atoms with Gasteiger partial charge in [0.2, 0.25) is 0 Å². The quantitative estimate of drug-likeness (QED) is 0.772. The summed E-state index contributed by atoms with van der Waals surface area (Å²) in [6.45, 7) is 7.16. The molecule has 1 aromatic rings. The molecule has 1 N–H and O–H groups in total. The van der Waals surface area contributed by atoms with E-state index in [0.29, 0.717) is 13.2 Å². The van der Waals surface area contributed by atoms with Gasteiger partial charge < -0.3 is 14.4 Å². The number of hydrogen-bond acceptors (Lipinski definition) is 2. The number of rotatable bonds is 7. The van der Waals surface area contributed by atoms with Crippen molar-refractivity contribution >= 4 is 15.9 Å². The normalized spacial score (nSPS) is 11.0. The molecule has 0 aliphatic carbocycles. The molecule has 0 bridgehead atoms. The van der Waals surface area contributed by atoms with Gasteiger partial charge in [-0.3, -0.25) is 0 Å². The Hall–Kier alpha value is -0.580. The zero-order chi connectivity index (χ0) is 13.5. The van der Waals surface area contributed by atoms with Crippen molar-refractivity contribution < 1.29 is 14.4 Å². The summed E-state index contributed by atoms with van der Waals surface area (Å²) in [4.78, 5) is 1.40. The first-order valence-corrected chi connectivity index (χ1v) is 7.06. The summed E-state index contributed by atoms with van der Waals surface area (Å²) in [5.41, 5.74) is 2.39. The van der Waals surface area contributed by atoms with Crippen LogP contribution >= 0.6 is 15.9 Å². The predicted molar refractivity (Wildman–Crippen MR) is 77.6 cm³/mol. The minimum Gasteiger partial charge on any atom is -0.490 e. The van der Waals surface area contributed by atoms with Crippen molar-refractivity contribution in [2.75, 3.05) is 40.5 Å². The van der Waals surface area contributed by atoms with Gasteiger partial charge in [0.15, 0.2) is 0 Å². The zero-order valence-electron chi connectivity index (χ0n) is 11.7. The Morgan fingerprint density at radius 1 is 1.11 bits per heavy atom.